The van der Waals surface area contributed by atoms with Crippen molar-refractivity contribution >= 4 is 12.0 Å². The number of para-hydroxylation sites is 1. The van der Waals surface area contributed by atoms with E-state index >= 15 is 0 Å². The fraction of sp³-hybridized carbons (Fsp3) is 0.263. The molecule has 1 aromatic carbocycles. The Balaban J connectivity index is 1.58. The number of hydrogen-bond acceptors (Lipinski definition) is 3. The number of rotatable bonds is 4. The zero-order valence-electron chi connectivity index (χ0n) is 13.0. The summed E-state index contributed by atoms with van der Waals surface area (Å²) in [6, 6.07) is 13.3. The highest BCUT2D eigenvalue weighted by Crippen LogP contribution is 2.20. The first-order valence-electron chi connectivity index (χ1n) is 7.97. The standard InChI is InChI=1S/C19H20N2O2/c22-19(21-13-5-2-6-14-21)12-10-16-9-11-18(15-20-16)23-17-7-3-1-4-8-17/h1,3-4,7-12,15H,2,5-6,13-14H2/b12-10+. The predicted octanol–water partition coefficient (Wildman–Crippen LogP) is 3.90. The monoisotopic (exact) mass is 308 g/mol. The number of amides is 1. The molecule has 0 saturated carbocycles. The molecule has 4 heteroatoms. The van der Waals surface area contributed by atoms with Gasteiger partial charge in [-0.3, -0.25) is 9.78 Å². The number of pyridine rings is 1. The van der Waals surface area contributed by atoms with Crippen LogP contribution in [0.3, 0.4) is 0 Å². The maximum Gasteiger partial charge on any atom is 0.246 e. The van der Waals surface area contributed by atoms with Gasteiger partial charge in [0.15, 0.2) is 0 Å². The quantitative estimate of drug-likeness (QED) is 0.805. The minimum absolute atomic E-state index is 0.0658. The maximum atomic E-state index is 12.1. The van der Waals surface area contributed by atoms with E-state index in [0.29, 0.717) is 5.75 Å². The molecule has 0 aliphatic carbocycles. The summed E-state index contributed by atoms with van der Waals surface area (Å²) in [5, 5.41) is 0. The summed E-state index contributed by atoms with van der Waals surface area (Å²) >= 11 is 0. The van der Waals surface area contributed by atoms with E-state index in [2.05, 4.69) is 4.98 Å². The largest absolute Gasteiger partial charge is 0.456 e. The molecule has 0 bridgehead atoms. The average molecular weight is 308 g/mol. The van der Waals surface area contributed by atoms with Gasteiger partial charge < -0.3 is 9.64 Å². The van der Waals surface area contributed by atoms with Crippen molar-refractivity contribution in [3.63, 3.8) is 0 Å². The van der Waals surface area contributed by atoms with Crippen LogP contribution in [0, 0.1) is 0 Å². The lowest BCUT2D eigenvalue weighted by Gasteiger charge is -2.25. The molecule has 2 aromatic rings. The zero-order chi connectivity index (χ0) is 15.9. The molecule has 0 radical (unpaired) electrons. The Labute approximate surface area is 136 Å². The number of benzene rings is 1. The summed E-state index contributed by atoms with van der Waals surface area (Å²) in [6.07, 6.45) is 8.44. The third-order valence-corrected chi connectivity index (χ3v) is 3.80. The van der Waals surface area contributed by atoms with Crippen molar-refractivity contribution in [1.82, 2.24) is 9.88 Å². The lowest BCUT2D eigenvalue weighted by Crippen LogP contribution is -2.34. The summed E-state index contributed by atoms with van der Waals surface area (Å²) < 4.78 is 5.69. The van der Waals surface area contributed by atoms with Gasteiger partial charge in [-0.25, -0.2) is 0 Å². The van der Waals surface area contributed by atoms with Gasteiger partial charge in [0.2, 0.25) is 5.91 Å². The minimum atomic E-state index is 0.0658. The van der Waals surface area contributed by atoms with E-state index in [1.54, 1.807) is 18.3 Å². The van der Waals surface area contributed by atoms with E-state index in [1.165, 1.54) is 6.42 Å². The number of likely N-dealkylation sites (tertiary alicyclic amines) is 1. The summed E-state index contributed by atoms with van der Waals surface area (Å²) in [4.78, 5) is 18.3. The highest BCUT2D eigenvalue weighted by Gasteiger charge is 2.13. The molecule has 0 spiro atoms. The van der Waals surface area contributed by atoms with Crippen LogP contribution >= 0.6 is 0 Å². The van der Waals surface area contributed by atoms with E-state index < -0.39 is 0 Å². The molecule has 1 fully saturated rings. The molecule has 1 aliphatic rings. The van der Waals surface area contributed by atoms with Crippen LogP contribution in [0.15, 0.2) is 54.7 Å². The summed E-state index contributed by atoms with van der Waals surface area (Å²) in [5.74, 6) is 1.52. The maximum absolute atomic E-state index is 12.1. The van der Waals surface area contributed by atoms with Crippen LogP contribution in [-0.2, 0) is 4.79 Å². The number of aromatic nitrogens is 1. The van der Waals surface area contributed by atoms with E-state index in [4.69, 9.17) is 4.74 Å². The van der Waals surface area contributed by atoms with Crippen LogP contribution in [-0.4, -0.2) is 28.9 Å². The first-order valence-corrected chi connectivity index (χ1v) is 7.97. The molecule has 1 aliphatic heterocycles. The number of piperidine rings is 1. The Morgan fingerprint density at radius 3 is 2.48 bits per heavy atom. The van der Waals surface area contributed by atoms with Crippen molar-refractivity contribution in [2.75, 3.05) is 13.1 Å². The number of carbonyl (C=O) groups is 1. The first-order chi connectivity index (χ1) is 11.3. The Morgan fingerprint density at radius 2 is 1.78 bits per heavy atom. The number of hydrogen-bond donors (Lipinski definition) is 0. The molecule has 2 heterocycles. The summed E-state index contributed by atoms with van der Waals surface area (Å²) in [7, 11) is 0. The summed E-state index contributed by atoms with van der Waals surface area (Å²) in [6.45, 7) is 1.72. The fourth-order valence-corrected chi connectivity index (χ4v) is 2.55. The van der Waals surface area contributed by atoms with Crippen LogP contribution in [0.5, 0.6) is 11.5 Å². The van der Waals surface area contributed by atoms with Crippen LogP contribution < -0.4 is 4.74 Å². The van der Waals surface area contributed by atoms with E-state index in [-0.39, 0.29) is 5.91 Å². The Hall–Kier alpha value is -2.62. The highest BCUT2D eigenvalue weighted by molar-refractivity contribution is 5.91. The van der Waals surface area contributed by atoms with Crippen molar-refractivity contribution in [2.45, 2.75) is 19.3 Å². The second-order valence-electron chi connectivity index (χ2n) is 5.55. The molecule has 0 atom stereocenters. The van der Waals surface area contributed by atoms with Crippen LogP contribution in [0.25, 0.3) is 6.08 Å². The van der Waals surface area contributed by atoms with Gasteiger partial charge in [0.1, 0.15) is 11.5 Å². The molecule has 0 N–H and O–H groups in total. The fourth-order valence-electron chi connectivity index (χ4n) is 2.55. The van der Waals surface area contributed by atoms with Crippen LogP contribution in [0.4, 0.5) is 0 Å². The molecule has 23 heavy (non-hydrogen) atoms. The molecule has 1 saturated heterocycles. The van der Waals surface area contributed by atoms with Gasteiger partial charge in [0.05, 0.1) is 11.9 Å². The molecular formula is C19H20N2O2. The van der Waals surface area contributed by atoms with Crippen LogP contribution in [0.2, 0.25) is 0 Å². The number of ether oxygens (including phenoxy) is 1. The zero-order valence-corrected chi connectivity index (χ0v) is 13.0. The molecule has 0 unspecified atom stereocenters. The van der Waals surface area contributed by atoms with Gasteiger partial charge in [0, 0.05) is 19.2 Å². The van der Waals surface area contributed by atoms with E-state index in [1.807, 2.05) is 47.4 Å². The van der Waals surface area contributed by atoms with Gasteiger partial charge >= 0.3 is 0 Å². The molecular weight excluding hydrogens is 288 g/mol. The lowest BCUT2D eigenvalue weighted by molar-refractivity contribution is -0.126. The van der Waals surface area contributed by atoms with Gasteiger partial charge in [-0.05, 0) is 49.6 Å². The van der Waals surface area contributed by atoms with Crippen molar-refractivity contribution < 1.29 is 9.53 Å². The Kier molecular flexibility index (Phi) is 5.04. The average Bonchev–Trinajstić information content (AvgIpc) is 2.62. The number of carbonyl (C=O) groups excluding carboxylic acids is 1. The van der Waals surface area contributed by atoms with Crippen LogP contribution in [0.1, 0.15) is 25.0 Å². The highest BCUT2D eigenvalue weighted by atomic mass is 16.5. The molecule has 4 nitrogen and oxygen atoms in total. The van der Waals surface area contributed by atoms with Gasteiger partial charge in [-0.1, -0.05) is 18.2 Å². The SMILES string of the molecule is O=C(/C=C/c1ccc(Oc2ccccc2)cn1)N1CCCCC1. The number of nitrogens with zero attached hydrogens (tertiary/aromatic N) is 2. The summed E-state index contributed by atoms with van der Waals surface area (Å²) in [5.41, 5.74) is 0.746. The van der Waals surface area contributed by atoms with Gasteiger partial charge in [-0.2, -0.15) is 0 Å². The molecule has 1 aromatic heterocycles. The lowest BCUT2D eigenvalue weighted by atomic mass is 10.1. The topological polar surface area (TPSA) is 42.4 Å². The molecule has 3 rings (SSSR count). The van der Waals surface area contributed by atoms with Crippen molar-refractivity contribution in [3.8, 4) is 11.5 Å². The van der Waals surface area contributed by atoms with E-state index in [0.717, 1.165) is 37.4 Å². The van der Waals surface area contributed by atoms with Crippen molar-refractivity contribution in [3.05, 3.63) is 60.4 Å². The first kappa shape index (κ1) is 15.3. The molecule has 118 valence electrons. The van der Waals surface area contributed by atoms with Gasteiger partial charge in [0.25, 0.3) is 0 Å². The Bertz CT molecular complexity index is 660. The Morgan fingerprint density at radius 1 is 1.00 bits per heavy atom. The minimum Gasteiger partial charge on any atom is -0.456 e. The smallest absolute Gasteiger partial charge is 0.246 e. The van der Waals surface area contributed by atoms with Crippen molar-refractivity contribution in [2.24, 2.45) is 0 Å². The second-order valence-corrected chi connectivity index (χ2v) is 5.55. The van der Waals surface area contributed by atoms with Crippen molar-refractivity contribution in [1.29, 1.82) is 0 Å². The van der Waals surface area contributed by atoms with Gasteiger partial charge in [-0.15, -0.1) is 0 Å². The normalized spacial score (nSPS) is 14.9. The molecule has 1 amide bonds. The second kappa shape index (κ2) is 7.58. The third-order valence-electron chi connectivity index (χ3n) is 3.80. The third kappa shape index (κ3) is 4.42. The van der Waals surface area contributed by atoms with E-state index in [9.17, 15) is 4.79 Å². The predicted molar refractivity (Wildman–Crippen MR) is 90.2 cm³/mol.